The van der Waals surface area contributed by atoms with Gasteiger partial charge in [-0.05, 0) is 12.1 Å². The Balaban J connectivity index is 2.15. The van der Waals surface area contributed by atoms with Crippen LogP contribution in [0.3, 0.4) is 0 Å². The Morgan fingerprint density at radius 1 is 1.13 bits per heavy atom. The molecule has 1 aromatic carbocycles. The average Bonchev–Trinajstić information content (AvgIpc) is 2.76. The number of nitrogens with one attached hydrogen (secondary N) is 2. The molecule has 2 unspecified atom stereocenters. The van der Waals surface area contributed by atoms with Crippen molar-refractivity contribution in [2.45, 2.75) is 18.5 Å². The number of nitrogens with two attached hydrogens (primary N) is 1. The lowest BCUT2D eigenvalue weighted by Crippen LogP contribution is -2.44. The molecule has 0 fully saturated rings. The van der Waals surface area contributed by atoms with Crippen LogP contribution in [0, 0.1) is 0 Å². The topological polar surface area (TPSA) is 164 Å². The maximum absolute atomic E-state index is 12.1. The van der Waals surface area contributed by atoms with E-state index in [9.17, 15) is 14.4 Å². The van der Waals surface area contributed by atoms with Gasteiger partial charge in [-0.2, -0.15) is 12.6 Å². The summed E-state index contributed by atoms with van der Waals surface area (Å²) < 4.78 is 5.53. The number of aliphatic carboxylic acids is 2. The van der Waals surface area contributed by atoms with E-state index in [0.717, 1.165) is 5.56 Å². The fourth-order valence-corrected chi connectivity index (χ4v) is 2.63. The largest absolute Gasteiger partial charge is 0.481 e. The van der Waals surface area contributed by atoms with Gasteiger partial charge in [0.05, 0.1) is 17.8 Å². The third-order valence-electron chi connectivity index (χ3n) is 4.07. The third kappa shape index (κ3) is 7.79. The van der Waals surface area contributed by atoms with Gasteiger partial charge in [-0.3, -0.25) is 9.59 Å². The number of amides is 1. The first-order chi connectivity index (χ1) is 14.8. The second-order valence-corrected chi connectivity index (χ2v) is 6.95. The summed E-state index contributed by atoms with van der Waals surface area (Å²) in [7, 11) is 0. The van der Waals surface area contributed by atoms with Gasteiger partial charge in [0.25, 0.3) is 5.91 Å². The van der Waals surface area contributed by atoms with Gasteiger partial charge in [0.1, 0.15) is 6.04 Å². The van der Waals surface area contributed by atoms with Crippen LogP contribution in [-0.4, -0.2) is 64.0 Å². The molecule has 0 radical (unpaired) electrons. The number of benzene rings is 1. The number of carboxylic acid groups (broad SMARTS) is 2. The van der Waals surface area contributed by atoms with E-state index >= 15 is 0 Å². The number of carbonyl (C=O) groups excluding carboxylic acids is 1. The smallest absolute Gasteiger partial charge is 0.326 e. The number of pyridine rings is 1. The van der Waals surface area contributed by atoms with Crippen LogP contribution in [0.15, 0.2) is 42.5 Å². The van der Waals surface area contributed by atoms with Gasteiger partial charge in [-0.1, -0.05) is 30.3 Å². The van der Waals surface area contributed by atoms with Crippen LogP contribution < -0.4 is 21.1 Å². The van der Waals surface area contributed by atoms with Gasteiger partial charge in [-0.15, -0.1) is 0 Å². The molecule has 11 heteroatoms. The molecule has 10 nitrogen and oxygen atoms in total. The molecule has 0 saturated heterocycles. The zero-order valence-electron chi connectivity index (χ0n) is 16.5. The molecule has 31 heavy (non-hydrogen) atoms. The van der Waals surface area contributed by atoms with Gasteiger partial charge >= 0.3 is 11.9 Å². The van der Waals surface area contributed by atoms with Crippen molar-refractivity contribution in [3.8, 4) is 17.1 Å². The Hall–Kier alpha value is -3.31. The summed E-state index contributed by atoms with van der Waals surface area (Å²) in [4.78, 5) is 38.4. The number of thiol groups is 1. The molecule has 0 aliphatic rings. The van der Waals surface area contributed by atoms with Gasteiger partial charge < -0.3 is 31.3 Å². The Bertz CT molecular complexity index is 912. The van der Waals surface area contributed by atoms with Crippen molar-refractivity contribution < 1.29 is 29.3 Å². The van der Waals surface area contributed by atoms with Crippen molar-refractivity contribution in [1.29, 1.82) is 0 Å². The van der Waals surface area contributed by atoms with Crippen LogP contribution in [0.5, 0.6) is 5.88 Å². The lowest BCUT2D eigenvalue weighted by molar-refractivity contribution is -0.147. The molecule has 2 rings (SSSR count). The van der Waals surface area contributed by atoms with E-state index < -0.39 is 36.9 Å². The number of hydrogen-bond donors (Lipinski definition) is 6. The van der Waals surface area contributed by atoms with Gasteiger partial charge in [0.15, 0.2) is 6.61 Å². The lowest BCUT2D eigenvalue weighted by Gasteiger charge is -2.17. The lowest BCUT2D eigenvalue weighted by atomic mass is 10.1. The summed E-state index contributed by atoms with van der Waals surface area (Å²) in [5.41, 5.74) is 7.80. The van der Waals surface area contributed by atoms with Crippen molar-refractivity contribution in [3.05, 3.63) is 42.5 Å². The summed E-state index contributed by atoms with van der Waals surface area (Å²) in [6.45, 7) is -0.167. The van der Waals surface area contributed by atoms with E-state index in [2.05, 4.69) is 28.2 Å². The van der Waals surface area contributed by atoms with E-state index in [4.69, 9.17) is 20.7 Å². The zero-order chi connectivity index (χ0) is 22.8. The standard InChI is InChI=1S/C20H24N4O6S/c21-13(11-31)9-22-15-7-6-14(12-4-2-1-3-5-12)24-19(15)30-10-17(25)23-16(20(28)29)8-18(26)27/h1-7,13,16,22,31H,8-11,21H2,(H,23,25)(H,26,27)(H,28,29). The minimum absolute atomic E-state index is 0.118. The number of hydrogen-bond acceptors (Lipinski definition) is 8. The molecule has 166 valence electrons. The van der Waals surface area contributed by atoms with Crippen LogP contribution in [0.4, 0.5) is 5.69 Å². The molecule has 0 aliphatic carbocycles. The molecule has 1 heterocycles. The number of carboxylic acids is 2. The van der Waals surface area contributed by atoms with Gasteiger partial charge in [0.2, 0.25) is 5.88 Å². The highest BCUT2D eigenvalue weighted by atomic mass is 32.1. The molecule has 1 amide bonds. The summed E-state index contributed by atoms with van der Waals surface area (Å²) in [5, 5.41) is 23.0. The van der Waals surface area contributed by atoms with Gasteiger partial charge in [-0.25, -0.2) is 9.78 Å². The number of nitrogens with zero attached hydrogens (tertiary/aromatic N) is 1. The van der Waals surface area contributed by atoms with Crippen LogP contribution in [0.1, 0.15) is 6.42 Å². The quantitative estimate of drug-likeness (QED) is 0.258. The molecule has 2 aromatic rings. The first-order valence-electron chi connectivity index (χ1n) is 9.33. The third-order valence-corrected chi connectivity index (χ3v) is 4.54. The highest BCUT2D eigenvalue weighted by molar-refractivity contribution is 7.80. The average molecular weight is 449 g/mol. The highest BCUT2D eigenvalue weighted by Gasteiger charge is 2.23. The second-order valence-electron chi connectivity index (χ2n) is 6.58. The Labute approximate surface area is 184 Å². The number of ether oxygens (including phenoxy) is 1. The predicted octanol–water partition coefficient (Wildman–Crippen LogP) is 0.841. The monoisotopic (exact) mass is 448 g/mol. The number of rotatable bonds is 12. The molecule has 2 atom stereocenters. The zero-order valence-corrected chi connectivity index (χ0v) is 17.4. The first kappa shape index (κ1) is 24.0. The summed E-state index contributed by atoms with van der Waals surface area (Å²) >= 11 is 4.14. The van der Waals surface area contributed by atoms with Crippen molar-refractivity contribution in [3.63, 3.8) is 0 Å². The normalized spacial score (nSPS) is 12.5. The minimum Gasteiger partial charge on any atom is -0.481 e. The second kappa shape index (κ2) is 11.8. The van der Waals surface area contributed by atoms with Crippen molar-refractivity contribution in [1.82, 2.24) is 10.3 Å². The van der Waals surface area contributed by atoms with E-state index in [0.29, 0.717) is 23.7 Å². The van der Waals surface area contributed by atoms with E-state index in [1.54, 1.807) is 12.1 Å². The van der Waals surface area contributed by atoms with Crippen molar-refractivity contribution >= 4 is 36.2 Å². The molecule has 1 aromatic heterocycles. The molecule has 0 bridgehead atoms. The Kier molecular flexibility index (Phi) is 9.10. The predicted molar refractivity (Wildman–Crippen MR) is 117 cm³/mol. The molecular weight excluding hydrogens is 424 g/mol. The van der Waals surface area contributed by atoms with E-state index in [1.165, 1.54) is 0 Å². The number of anilines is 1. The van der Waals surface area contributed by atoms with Crippen LogP contribution in [-0.2, 0) is 14.4 Å². The van der Waals surface area contributed by atoms with E-state index in [-0.39, 0.29) is 11.9 Å². The first-order valence-corrected chi connectivity index (χ1v) is 9.97. The maximum atomic E-state index is 12.1. The maximum Gasteiger partial charge on any atom is 0.326 e. The molecular formula is C20H24N4O6S. The Morgan fingerprint density at radius 3 is 2.45 bits per heavy atom. The van der Waals surface area contributed by atoms with Crippen LogP contribution in [0.25, 0.3) is 11.3 Å². The molecule has 6 N–H and O–H groups in total. The minimum atomic E-state index is -1.57. The SMILES string of the molecule is NC(CS)CNc1ccc(-c2ccccc2)nc1OCC(=O)NC(CC(=O)O)C(=O)O. The van der Waals surface area contributed by atoms with Crippen molar-refractivity contribution in [2.75, 3.05) is 24.2 Å². The molecule has 0 saturated carbocycles. The van der Waals surface area contributed by atoms with Crippen LogP contribution >= 0.6 is 12.6 Å². The summed E-state index contributed by atoms with van der Waals surface area (Å²) in [5.74, 6) is -3.02. The van der Waals surface area contributed by atoms with E-state index in [1.807, 2.05) is 30.3 Å². The molecule has 0 spiro atoms. The van der Waals surface area contributed by atoms with Gasteiger partial charge in [0, 0.05) is 23.9 Å². The highest BCUT2D eigenvalue weighted by Crippen LogP contribution is 2.27. The number of aromatic nitrogens is 1. The fraction of sp³-hybridized carbons (Fsp3) is 0.300. The molecule has 0 aliphatic heterocycles. The van der Waals surface area contributed by atoms with Crippen LogP contribution in [0.2, 0.25) is 0 Å². The fourth-order valence-electron chi connectivity index (χ4n) is 2.50. The number of carbonyl (C=O) groups is 3. The summed E-state index contributed by atoms with van der Waals surface area (Å²) in [6, 6.07) is 11.1. The Morgan fingerprint density at radius 2 is 1.84 bits per heavy atom. The van der Waals surface area contributed by atoms with Crippen molar-refractivity contribution in [2.24, 2.45) is 5.73 Å². The summed E-state index contributed by atoms with van der Waals surface area (Å²) in [6.07, 6.45) is -0.753.